The zero-order valence-electron chi connectivity index (χ0n) is 10.7. The summed E-state index contributed by atoms with van der Waals surface area (Å²) in [6.45, 7) is 1.14. The van der Waals surface area contributed by atoms with Crippen LogP contribution in [0.2, 0.25) is 5.02 Å². The van der Waals surface area contributed by atoms with Gasteiger partial charge in [0.1, 0.15) is 5.82 Å². The van der Waals surface area contributed by atoms with E-state index < -0.39 is 0 Å². The lowest BCUT2D eigenvalue weighted by Gasteiger charge is -2.21. The van der Waals surface area contributed by atoms with Crippen molar-refractivity contribution in [3.63, 3.8) is 0 Å². The maximum absolute atomic E-state index is 9.24. The van der Waals surface area contributed by atoms with Crippen LogP contribution in [0.15, 0.2) is 30.5 Å². The molecule has 0 saturated heterocycles. The lowest BCUT2D eigenvalue weighted by molar-refractivity contribution is 0.190. The van der Waals surface area contributed by atoms with Gasteiger partial charge in [0.05, 0.1) is 5.69 Å². The molecule has 19 heavy (non-hydrogen) atoms. The van der Waals surface area contributed by atoms with E-state index in [1.165, 1.54) is 0 Å². The van der Waals surface area contributed by atoms with Crippen LogP contribution in [-0.2, 0) is 19.4 Å². The number of halogens is 1. The van der Waals surface area contributed by atoms with Crippen LogP contribution in [0.3, 0.4) is 0 Å². The Balaban J connectivity index is 1.80. The molecule has 2 aromatic rings. The first-order chi connectivity index (χ1) is 9.26. The number of fused-ring (bicyclic) bond motifs is 1. The molecule has 1 aliphatic heterocycles. The molecule has 0 aliphatic carbocycles. The van der Waals surface area contributed by atoms with E-state index in [1.54, 1.807) is 0 Å². The molecule has 100 valence electrons. The number of aromatic nitrogens is 2. The molecule has 1 aromatic heterocycles. The number of rotatable bonds is 3. The lowest BCUT2D eigenvalue weighted by atomic mass is 10.0. The quantitative estimate of drug-likeness (QED) is 0.936. The van der Waals surface area contributed by atoms with Crippen molar-refractivity contribution in [3.05, 3.63) is 52.6 Å². The molecule has 3 rings (SSSR count). The average Bonchev–Trinajstić information content (AvgIpc) is 2.82. The van der Waals surface area contributed by atoms with Crippen LogP contribution in [0.5, 0.6) is 0 Å². The van der Waals surface area contributed by atoms with Crippen LogP contribution in [0.25, 0.3) is 0 Å². The molecule has 1 aliphatic rings. The maximum atomic E-state index is 9.24. The Morgan fingerprint density at radius 2 is 2.21 bits per heavy atom. The molecule has 0 saturated carbocycles. The normalized spacial score (nSPS) is 18.3. The minimum absolute atomic E-state index is 0.261. The third-order valence-electron chi connectivity index (χ3n) is 3.73. The van der Waals surface area contributed by atoms with Gasteiger partial charge in [-0.3, -0.25) is 0 Å². The number of aliphatic hydroxyl groups excluding tert-OH is 1. The van der Waals surface area contributed by atoms with Crippen LogP contribution in [0.4, 0.5) is 0 Å². The Kier molecular flexibility index (Phi) is 3.58. The predicted octanol–water partition coefficient (Wildman–Crippen LogP) is 2.68. The van der Waals surface area contributed by atoms with Gasteiger partial charge in [0.15, 0.2) is 0 Å². The topological polar surface area (TPSA) is 38.1 Å². The molecule has 2 heterocycles. The van der Waals surface area contributed by atoms with Gasteiger partial charge in [0, 0.05) is 43.1 Å². The summed E-state index contributed by atoms with van der Waals surface area (Å²) < 4.78 is 2.18. The molecule has 0 radical (unpaired) electrons. The number of aryl methyl sites for hydroxylation is 1. The van der Waals surface area contributed by atoms with Crippen LogP contribution < -0.4 is 0 Å². The Labute approximate surface area is 117 Å². The number of imidazole rings is 1. The molecular formula is C15H17ClN2O. The van der Waals surface area contributed by atoms with E-state index in [0.717, 1.165) is 47.9 Å². The highest BCUT2D eigenvalue weighted by atomic mass is 35.5. The Morgan fingerprint density at radius 3 is 3.00 bits per heavy atom. The van der Waals surface area contributed by atoms with Crippen molar-refractivity contribution < 1.29 is 5.11 Å². The van der Waals surface area contributed by atoms with Gasteiger partial charge in [-0.05, 0) is 18.1 Å². The molecular weight excluding hydrogens is 260 g/mol. The first-order valence-corrected chi connectivity index (χ1v) is 7.03. The molecule has 1 aromatic carbocycles. The van der Waals surface area contributed by atoms with Crippen molar-refractivity contribution in [2.75, 3.05) is 6.61 Å². The molecule has 4 heteroatoms. The highest BCUT2D eigenvalue weighted by Gasteiger charge is 2.19. The molecule has 3 nitrogen and oxygen atoms in total. The van der Waals surface area contributed by atoms with Gasteiger partial charge < -0.3 is 9.67 Å². The van der Waals surface area contributed by atoms with Gasteiger partial charge in [-0.15, -0.1) is 0 Å². The number of nitrogens with zero attached hydrogens (tertiary/aromatic N) is 2. The zero-order chi connectivity index (χ0) is 13.2. The van der Waals surface area contributed by atoms with E-state index >= 15 is 0 Å². The summed E-state index contributed by atoms with van der Waals surface area (Å²) in [5.74, 6) is 1.50. The van der Waals surface area contributed by atoms with E-state index in [4.69, 9.17) is 11.6 Å². The third-order valence-corrected chi connectivity index (χ3v) is 4.10. The molecule has 1 N–H and O–H groups in total. The fourth-order valence-electron chi connectivity index (χ4n) is 2.64. The minimum atomic E-state index is 0.261. The van der Waals surface area contributed by atoms with Gasteiger partial charge in [-0.1, -0.05) is 29.8 Å². The van der Waals surface area contributed by atoms with E-state index in [9.17, 15) is 5.11 Å². The predicted molar refractivity (Wildman–Crippen MR) is 75.4 cm³/mol. The fourth-order valence-corrected chi connectivity index (χ4v) is 2.85. The molecule has 0 fully saturated rings. The second-order valence-electron chi connectivity index (χ2n) is 5.16. The highest BCUT2D eigenvalue weighted by Crippen LogP contribution is 2.22. The molecule has 1 unspecified atom stereocenters. The van der Waals surface area contributed by atoms with Gasteiger partial charge in [0.2, 0.25) is 0 Å². The van der Waals surface area contributed by atoms with E-state index in [0.29, 0.717) is 5.92 Å². The largest absolute Gasteiger partial charge is 0.396 e. The number of hydrogen-bond donors (Lipinski definition) is 1. The summed E-state index contributed by atoms with van der Waals surface area (Å²) in [7, 11) is 0. The molecule has 0 amide bonds. The van der Waals surface area contributed by atoms with E-state index in [1.807, 2.05) is 24.3 Å². The summed E-state index contributed by atoms with van der Waals surface area (Å²) in [5.41, 5.74) is 2.17. The second kappa shape index (κ2) is 5.35. The van der Waals surface area contributed by atoms with Crippen molar-refractivity contribution in [2.45, 2.75) is 25.8 Å². The average molecular weight is 277 g/mol. The van der Waals surface area contributed by atoms with Crippen molar-refractivity contribution in [2.24, 2.45) is 5.92 Å². The second-order valence-corrected chi connectivity index (χ2v) is 5.56. The maximum Gasteiger partial charge on any atom is 0.108 e. The highest BCUT2D eigenvalue weighted by molar-refractivity contribution is 6.31. The third kappa shape index (κ3) is 2.67. The SMILES string of the molecule is OCC1CCc2nc(Cc3ccccc3Cl)cn2C1. The first-order valence-electron chi connectivity index (χ1n) is 6.65. The van der Waals surface area contributed by atoms with Gasteiger partial charge in [0.25, 0.3) is 0 Å². The standard InChI is InChI=1S/C15H17ClN2O/c16-14-4-2-1-3-12(14)7-13-9-18-8-11(10-19)5-6-15(18)17-13/h1-4,9,11,19H,5-8,10H2. The Morgan fingerprint density at radius 1 is 1.37 bits per heavy atom. The van der Waals surface area contributed by atoms with Crippen molar-refractivity contribution in [1.82, 2.24) is 9.55 Å². The van der Waals surface area contributed by atoms with Crippen LogP contribution in [0, 0.1) is 5.92 Å². The Bertz CT molecular complexity index is 579. The summed E-state index contributed by atoms with van der Waals surface area (Å²) >= 11 is 6.18. The van der Waals surface area contributed by atoms with Crippen molar-refractivity contribution in [1.29, 1.82) is 0 Å². The van der Waals surface area contributed by atoms with Crippen LogP contribution >= 0.6 is 11.6 Å². The number of benzene rings is 1. The summed E-state index contributed by atoms with van der Waals surface area (Å²) in [4.78, 5) is 4.68. The number of hydrogen-bond acceptors (Lipinski definition) is 2. The molecule has 1 atom stereocenters. The fraction of sp³-hybridized carbons (Fsp3) is 0.400. The zero-order valence-corrected chi connectivity index (χ0v) is 11.5. The van der Waals surface area contributed by atoms with Crippen LogP contribution in [0.1, 0.15) is 23.5 Å². The monoisotopic (exact) mass is 276 g/mol. The van der Waals surface area contributed by atoms with Crippen molar-refractivity contribution in [3.8, 4) is 0 Å². The van der Waals surface area contributed by atoms with E-state index in [2.05, 4.69) is 15.7 Å². The smallest absolute Gasteiger partial charge is 0.108 e. The lowest BCUT2D eigenvalue weighted by Crippen LogP contribution is -2.22. The first kappa shape index (κ1) is 12.7. The van der Waals surface area contributed by atoms with Crippen LogP contribution in [-0.4, -0.2) is 21.3 Å². The molecule has 0 bridgehead atoms. The molecule has 0 spiro atoms. The van der Waals surface area contributed by atoms with Crippen molar-refractivity contribution >= 4 is 11.6 Å². The van der Waals surface area contributed by atoms with Gasteiger partial charge in [-0.2, -0.15) is 0 Å². The summed E-state index contributed by atoms with van der Waals surface area (Å²) in [6, 6.07) is 7.89. The van der Waals surface area contributed by atoms with E-state index in [-0.39, 0.29) is 6.61 Å². The number of aliphatic hydroxyl groups is 1. The van der Waals surface area contributed by atoms with Gasteiger partial charge in [-0.25, -0.2) is 4.98 Å². The summed E-state index contributed by atoms with van der Waals surface area (Å²) in [6.07, 6.45) is 4.84. The Hall–Kier alpha value is -1.32. The summed E-state index contributed by atoms with van der Waals surface area (Å²) in [5, 5.41) is 10.0. The minimum Gasteiger partial charge on any atom is -0.396 e. The van der Waals surface area contributed by atoms with Gasteiger partial charge >= 0.3 is 0 Å².